The smallest absolute Gasteiger partial charge is 0.305 e. The Hall–Kier alpha value is -0.900. The summed E-state index contributed by atoms with van der Waals surface area (Å²) < 4.78 is 23.6. The molecular formula is C14H23FO3. The van der Waals surface area contributed by atoms with Crippen LogP contribution in [-0.4, -0.2) is 32.0 Å². The number of hydrogen-bond acceptors (Lipinski definition) is 3. The van der Waals surface area contributed by atoms with Gasteiger partial charge in [-0.05, 0) is 38.5 Å². The molecule has 0 saturated heterocycles. The topological polar surface area (TPSA) is 35.5 Å². The number of carbonyl (C=O) groups is 1. The Labute approximate surface area is 108 Å². The summed E-state index contributed by atoms with van der Waals surface area (Å²) in [6, 6.07) is 0. The van der Waals surface area contributed by atoms with E-state index in [4.69, 9.17) is 9.47 Å². The van der Waals surface area contributed by atoms with E-state index in [0.29, 0.717) is 25.9 Å². The number of ether oxygens (including phenoxy) is 2. The molecule has 0 amide bonds. The van der Waals surface area contributed by atoms with Gasteiger partial charge >= 0.3 is 5.97 Å². The molecular weight excluding hydrogens is 235 g/mol. The highest BCUT2D eigenvalue weighted by molar-refractivity contribution is 5.69. The molecule has 0 radical (unpaired) electrons. The summed E-state index contributed by atoms with van der Waals surface area (Å²) >= 11 is 0. The molecule has 0 bridgehead atoms. The van der Waals surface area contributed by atoms with Crippen molar-refractivity contribution in [3.63, 3.8) is 0 Å². The fraction of sp³-hybridized carbons (Fsp3) is 0.786. The van der Waals surface area contributed by atoms with Crippen molar-refractivity contribution in [3.8, 4) is 0 Å². The zero-order chi connectivity index (χ0) is 13.5. The van der Waals surface area contributed by atoms with Crippen LogP contribution < -0.4 is 0 Å². The molecule has 0 saturated carbocycles. The minimum atomic E-state index is -0.897. The zero-order valence-corrected chi connectivity index (χ0v) is 11.4. The van der Waals surface area contributed by atoms with Crippen LogP contribution in [0.15, 0.2) is 12.2 Å². The van der Waals surface area contributed by atoms with Crippen molar-refractivity contribution >= 4 is 5.97 Å². The van der Waals surface area contributed by atoms with E-state index in [0.717, 1.165) is 0 Å². The molecule has 0 aliphatic heterocycles. The Balaban J connectivity index is 2.54. The zero-order valence-electron chi connectivity index (χ0n) is 11.4. The van der Waals surface area contributed by atoms with E-state index < -0.39 is 6.17 Å². The molecule has 0 fully saturated rings. The number of rotatable bonds is 6. The number of halogens is 1. The third-order valence-corrected chi connectivity index (χ3v) is 3.58. The first-order chi connectivity index (χ1) is 8.58. The molecule has 0 aromatic heterocycles. The first kappa shape index (κ1) is 15.2. The number of alkyl halides is 1. The normalized spacial score (nSPS) is 29.0. The molecule has 4 heteroatoms. The monoisotopic (exact) mass is 258 g/mol. The maximum Gasteiger partial charge on any atom is 0.305 e. The highest BCUT2D eigenvalue weighted by Crippen LogP contribution is 2.33. The van der Waals surface area contributed by atoms with E-state index in [1.165, 1.54) is 0 Å². The molecule has 104 valence electrons. The number of hydrogen-bond donors (Lipinski definition) is 0. The molecule has 0 aromatic rings. The second-order valence-electron chi connectivity index (χ2n) is 4.75. The first-order valence-corrected chi connectivity index (χ1v) is 6.59. The first-order valence-electron chi connectivity index (χ1n) is 6.59. The van der Waals surface area contributed by atoms with Crippen LogP contribution >= 0.6 is 0 Å². The molecule has 4 unspecified atom stereocenters. The van der Waals surface area contributed by atoms with Gasteiger partial charge < -0.3 is 9.47 Å². The van der Waals surface area contributed by atoms with E-state index >= 15 is 0 Å². The van der Waals surface area contributed by atoms with Crippen molar-refractivity contribution in [1.29, 1.82) is 0 Å². The van der Waals surface area contributed by atoms with Gasteiger partial charge in [0.2, 0.25) is 0 Å². The van der Waals surface area contributed by atoms with E-state index in [-0.39, 0.29) is 23.9 Å². The summed E-state index contributed by atoms with van der Waals surface area (Å²) in [4.78, 5) is 11.3. The van der Waals surface area contributed by atoms with Gasteiger partial charge in [-0.2, -0.15) is 0 Å². The molecule has 0 spiro atoms. The standard InChI is InChI=1S/C14H23FO3/c1-4-18-14(16)8-6-11-5-7-12(15)9-13(11)10(2)17-3/h5,7,10-13H,4,6,8-9H2,1-3H3. The molecule has 0 aromatic carbocycles. The summed E-state index contributed by atoms with van der Waals surface area (Å²) in [5.74, 6) is 0.137. The highest BCUT2D eigenvalue weighted by atomic mass is 19.1. The van der Waals surface area contributed by atoms with Crippen LogP contribution in [0.3, 0.4) is 0 Å². The van der Waals surface area contributed by atoms with Crippen molar-refractivity contribution in [3.05, 3.63) is 12.2 Å². The lowest BCUT2D eigenvalue weighted by Gasteiger charge is -2.32. The maximum atomic E-state index is 13.4. The van der Waals surface area contributed by atoms with Crippen LogP contribution in [0.5, 0.6) is 0 Å². The quantitative estimate of drug-likeness (QED) is 0.543. The SMILES string of the molecule is CCOC(=O)CCC1C=CC(F)CC1C(C)OC. The lowest BCUT2D eigenvalue weighted by molar-refractivity contribution is -0.143. The Kier molecular flexibility index (Phi) is 6.33. The summed E-state index contributed by atoms with van der Waals surface area (Å²) in [7, 11) is 1.64. The number of carbonyl (C=O) groups excluding carboxylic acids is 1. The Morgan fingerprint density at radius 3 is 2.83 bits per heavy atom. The second-order valence-corrected chi connectivity index (χ2v) is 4.75. The van der Waals surface area contributed by atoms with Gasteiger partial charge in [0.05, 0.1) is 12.7 Å². The number of methoxy groups -OCH3 is 1. The molecule has 0 N–H and O–H groups in total. The van der Waals surface area contributed by atoms with Crippen LogP contribution in [0.25, 0.3) is 0 Å². The summed E-state index contributed by atoms with van der Waals surface area (Å²) in [5, 5.41) is 0. The lowest BCUT2D eigenvalue weighted by atomic mass is 9.77. The van der Waals surface area contributed by atoms with Crippen LogP contribution in [0, 0.1) is 11.8 Å². The van der Waals surface area contributed by atoms with Crippen LogP contribution in [0.2, 0.25) is 0 Å². The summed E-state index contributed by atoms with van der Waals surface area (Å²) in [6.07, 6.45) is 4.13. The van der Waals surface area contributed by atoms with Crippen molar-refractivity contribution in [2.75, 3.05) is 13.7 Å². The highest BCUT2D eigenvalue weighted by Gasteiger charge is 2.31. The van der Waals surface area contributed by atoms with E-state index in [1.54, 1.807) is 20.1 Å². The van der Waals surface area contributed by atoms with Crippen LogP contribution in [-0.2, 0) is 14.3 Å². The molecule has 1 aliphatic rings. The van der Waals surface area contributed by atoms with Crippen molar-refractivity contribution < 1.29 is 18.7 Å². The van der Waals surface area contributed by atoms with E-state index in [2.05, 4.69) is 0 Å². The summed E-state index contributed by atoms with van der Waals surface area (Å²) in [6.45, 7) is 4.15. The largest absolute Gasteiger partial charge is 0.466 e. The maximum absolute atomic E-state index is 13.4. The van der Waals surface area contributed by atoms with Crippen LogP contribution in [0.1, 0.15) is 33.1 Å². The van der Waals surface area contributed by atoms with Gasteiger partial charge in [0.1, 0.15) is 6.17 Å². The summed E-state index contributed by atoms with van der Waals surface area (Å²) in [5.41, 5.74) is 0. The van der Waals surface area contributed by atoms with Gasteiger partial charge in [-0.25, -0.2) is 4.39 Å². The second kappa shape index (κ2) is 7.52. The molecule has 1 aliphatic carbocycles. The fourth-order valence-corrected chi connectivity index (χ4v) is 2.46. The lowest BCUT2D eigenvalue weighted by Crippen LogP contribution is -2.31. The van der Waals surface area contributed by atoms with Gasteiger partial charge in [-0.3, -0.25) is 4.79 Å². The fourth-order valence-electron chi connectivity index (χ4n) is 2.46. The van der Waals surface area contributed by atoms with Gasteiger partial charge in [-0.15, -0.1) is 0 Å². The molecule has 0 heterocycles. The predicted octanol–water partition coefficient (Wildman–Crippen LogP) is 2.90. The van der Waals surface area contributed by atoms with Crippen LogP contribution in [0.4, 0.5) is 4.39 Å². The van der Waals surface area contributed by atoms with Gasteiger partial charge in [0.25, 0.3) is 0 Å². The Morgan fingerprint density at radius 2 is 2.22 bits per heavy atom. The molecule has 3 nitrogen and oxygen atoms in total. The average molecular weight is 258 g/mol. The third kappa shape index (κ3) is 4.41. The van der Waals surface area contributed by atoms with Gasteiger partial charge in [-0.1, -0.05) is 12.2 Å². The van der Waals surface area contributed by atoms with Crippen molar-refractivity contribution in [1.82, 2.24) is 0 Å². The van der Waals surface area contributed by atoms with E-state index in [9.17, 15) is 9.18 Å². The van der Waals surface area contributed by atoms with E-state index in [1.807, 2.05) is 13.0 Å². The van der Waals surface area contributed by atoms with Crippen molar-refractivity contribution in [2.24, 2.45) is 11.8 Å². The number of esters is 1. The van der Waals surface area contributed by atoms with Crippen molar-refractivity contribution in [2.45, 2.75) is 45.4 Å². The van der Waals surface area contributed by atoms with Gasteiger partial charge in [0, 0.05) is 13.5 Å². The van der Waals surface area contributed by atoms with Gasteiger partial charge in [0.15, 0.2) is 0 Å². The Morgan fingerprint density at radius 1 is 1.50 bits per heavy atom. The number of allylic oxidation sites excluding steroid dienone is 2. The molecule has 4 atom stereocenters. The third-order valence-electron chi connectivity index (χ3n) is 3.58. The minimum Gasteiger partial charge on any atom is -0.466 e. The predicted molar refractivity (Wildman–Crippen MR) is 68.0 cm³/mol. The Bertz CT molecular complexity index is 291. The molecule has 1 rings (SSSR count). The average Bonchev–Trinajstić information content (AvgIpc) is 2.36. The minimum absolute atomic E-state index is 0.000366. The molecule has 18 heavy (non-hydrogen) atoms.